The molecule has 1 aliphatic rings. The Bertz CT molecular complexity index is 910. The third kappa shape index (κ3) is 5.20. The van der Waals surface area contributed by atoms with Crippen molar-refractivity contribution in [1.82, 2.24) is 14.9 Å². The fourth-order valence-electron chi connectivity index (χ4n) is 3.49. The van der Waals surface area contributed by atoms with Crippen molar-refractivity contribution in [1.29, 1.82) is 0 Å². The minimum atomic E-state index is 0.588. The van der Waals surface area contributed by atoms with Gasteiger partial charge in [0.15, 0.2) is 0 Å². The van der Waals surface area contributed by atoms with E-state index < -0.39 is 0 Å². The van der Waals surface area contributed by atoms with Crippen molar-refractivity contribution in [2.45, 2.75) is 25.7 Å². The third-order valence-electron chi connectivity index (χ3n) is 4.99. The quantitative estimate of drug-likeness (QED) is 0.499. The maximum absolute atomic E-state index is 5.88. The number of nitrogens with zero attached hydrogens (tertiary/aromatic N) is 3. The number of ether oxygens (including phenoxy) is 1. The molecule has 4 rings (SSSR count). The van der Waals surface area contributed by atoms with E-state index in [2.05, 4.69) is 36.1 Å². The summed E-state index contributed by atoms with van der Waals surface area (Å²) in [4.78, 5) is 11.5. The van der Waals surface area contributed by atoms with Crippen LogP contribution in [0.2, 0.25) is 0 Å². The first-order valence-corrected chi connectivity index (χ1v) is 10.7. The molecule has 0 saturated carbocycles. The molecule has 1 saturated heterocycles. The van der Waals surface area contributed by atoms with Crippen molar-refractivity contribution in [3.8, 4) is 5.75 Å². The van der Waals surface area contributed by atoms with Gasteiger partial charge in [-0.1, -0.05) is 22.4 Å². The Hall–Kier alpha value is -2.18. The molecule has 0 atom stereocenters. The van der Waals surface area contributed by atoms with Crippen LogP contribution in [0.15, 0.2) is 53.1 Å². The smallest absolute Gasteiger partial charge is 0.227 e. The number of halogens is 1. The lowest BCUT2D eigenvalue weighted by atomic mass is 10.1. The molecule has 0 aliphatic carbocycles. The first kappa shape index (κ1) is 19.2. The molecule has 5 nitrogen and oxygen atoms in total. The number of rotatable bonds is 7. The van der Waals surface area contributed by atoms with Crippen molar-refractivity contribution in [2.24, 2.45) is 0 Å². The van der Waals surface area contributed by atoms with Crippen molar-refractivity contribution in [2.75, 3.05) is 31.6 Å². The van der Waals surface area contributed by atoms with Gasteiger partial charge in [0.2, 0.25) is 5.95 Å². The Morgan fingerprint density at radius 3 is 2.68 bits per heavy atom. The number of nitrogens with one attached hydrogen (secondary N) is 1. The minimum Gasteiger partial charge on any atom is -0.494 e. The van der Waals surface area contributed by atoms with Crippen LogP contribution in [0, 0.1) is 0 Å². The van der Waals surface area contributed by atoms with Gasteiger partial charge in [-0.05, 0) is 74.8 Å². The van der Waals surface area contributed by atoms with E-state index in [0.29, 0.717) is 5.95 Å². The van der Waals surface area contributed by atoms with Gasteiger partial charge in [0.1, 0.15) is 5.75 Å². The molecule has 146 valence electrons. The standard InChI is InChI=1S/C22H25BrN4O/c23-18-5-10-21-17(15-18)16-24-22(26-21)25-19-6-8-20(9-7-19)28-14-4-13-27-11-2-1-3-12-27/h5-10,15-16H,1-4,11-14H2,(H,24,25,26). The summed E-state index contributed by atoms with van der Waals surface area (Å²) in [6, 6.07) is 13.9. The predicted molar refractivity (Wildman–Crippen MR) is 117 cm³/mol. The normalized spacial score (nSPS) is 14.9. The molecule has 0 unspecified atom stereocenters. The van der Waals surface area contributed by atoms with Crippen LogP contribution in [0.25, 0.3) is 10.9 Å². The highest BCUT2D eigenvalue weighted by molar-refractivity contribution is 9.10. The van der Waals surface area contributed by atoms with Gasteiger partial charge in [-0.3, -0.25) is 0 Å². The zero-order chi connectivity index (χ0) is 19.2. The lowest BCUT2D eigenvalue weighted by Gasteiger charge is -2.26. The highest BCUT2D eigenvalue weighted by Gasteiger charge is 2.09. The van der Waals surface area contributed by atoms with Gasteiger partial charge in [0.05, 0.1) is 12.1 Å². The Morgan fingerprint density at radius 1 is 1.04 bits per heavy atom. The summed E-state index contributed by atoms with van der Waals surface area (Å²) in [5, 5.41) is 4.26. The lowest BCUT2D eigenvalue weighted by molar-refractivity contribution is 0.205. The topological polar surface area (TPSA) is 50.3 Å². The van der Waals surface area contributed by atoms with Crippen LogP contribution in [-0.4, -0.2) is 41.1 Å². The molecular weight excluding hydrogens is 416 g/mol. The molecule has 0 amide bonds. The fourth-order valence-corrected chi connectivity index (χ4v) is 3.87. The van der Waals surface area contributed by atoms with Gasteiger partial charge in [-0.2, -0.15) is 0 Å². The van der Waals surface area contributed by atoms with E-state index in [9.17, 15) is 0 Å². The van der Waals surface area contributed by atoms with Gasteiger partial charge in [0.25, 0.3) is 0 Å². The Balaban J connectivity index is 1.27. The second kappa shape index (κ2) is 9.34. The van der Waals surface area contributed by atoms with Crippen LogP contribution in [0.1, 0.15) is 25.7 Å². The first-order chi connectivity index (χ1) is 13.8. The molecule has 1 N–H and O–H groups in total. The summed E-state index contributed by atoms with van der Waals surface area (Å²) < 4.78 is 6.90. The number of hydrogen-bond donors (Lipinski definition) is 1. The number of piperidine rings is 1. The van der Waals surface area contributed by atoms with Crippen LogP contribution in [0.3, 0.4) is 0 Å². The molecular formula is C22H25BrN4O. The number of benzene rings is 2. The summed E-state index contributed by atoms with van der Waals surface area (Å²) in [7, 11) is 0. The molecule has 2 aromatic carbocycles. The number of aromatic nitrogens is 2. The van der Waals surface area contributed by atoms with Crippen molar-refractivity contribution in [3.05, 3.63) is 53.1 Å². The van der Waals surface area contributed by atoms with E-state index in [0.717, 1.165) is 46.4 Å². The van der Waals surface area contributed by atoms with Crippen LogP contribution in [0.5, 0.6) is 5.75 Å². The van der Waals surface area contributed by atoms with Crippen LogP contribution < -0.4 is 10.1 Å². The SMILES string of the molecule is Brc1ccc2nc(Nc3ccc(OCCCN4CCCCC4)cc3)ncc2c1. The average molecular weight is 441 g/mol. The molecule has 1 aliphatic heterocycles. The van der Waals surface area contributed by atoms with E-state index in [-0.39, 0.29) is 0 Å². The van der Waals surface area contributed by atoms with Crippen LogP contribution in [0.4, 0.5) is 11.6 Å². The number of fused-ring (bicyclic) bond motifs is 1. The average Bonchev–Trinajstić information content (AvgIpc) is 2.73. The number of hydrogen-bond acceptors (Lipinski definition) is 5. The second-order valence-electron chi connectivity index (χ2n) is 7.15. The Morgan fingerprint density at radius 2 is 1.86 bits per heavy atom. The maximum atomic E-state index is 5.88. The van der Waals surface area contributed by atoms with E-state index in [1.165, 1.54) is 32.4 Å². The predicted octanol–water partition coefficient (Wildman–Crippen LogP) is 5.39. The summed E-state index contributed by atoms with van der Waals surface area (Å²) in [6.07, 6.45) is 6.97. The van der Waals surface area contributed by atoms with Gasteiger partial charge in [-0.25, -0.2) is 9.97 Å². The lowest BCUT2D eigenvalue weighted by Crippen LogP contribution is -2.31. The van der Waals surface area contributed by atoms with Crippen LogP contribution >= 0.6 is 15.9 Å². The minimum absolute atomic E-state index is 0.588. The summed E-state index contributed by atoms with van der Waals surface area (Å²) in [6.45, 7) is 4.38. The van der Waals surface area contributed by atoms with E-state index in [1.807, 2.05) is 48.7 Å². The van der Waals surface area contributed by atoms with E-state index >= 15 is 0 Å². The van der Waals surface area contributed by atoms with E-state index in [1.54, 1.807) is 0 Å². The van der Waals surface area contributed by atoms with E-state index in [4.69, 9.17) is 4.74 Å². The highest BCUT2D eigenvalue weighted by Crippen LogP contribution is 2.21. The maximum Gasteiger partial charge on any atom is 0.227 e. The Labute approximate surface area is 174 Å². The fraction of sp³-hybridized carbons (Fsp3) is 0.364. The molecule has 28 heavy (non-hydrogen) atoms. The van der Waals surface area contributed by atoms with Gasteiger partial charge in [0, 0.05) is 28.3 Å². The summed E-state index contributed by atoms with van der Waals surface area (Å²) >= 11 is 3.47. The van der Waals surface area contributed by atoms with Gasteiger partial charge < -0.3 is 15.0 Å². The number of likely N-dealkylation sites (tertiary alicyclic amines) is 1. The van der Waals surface area contributed by atoms with Gasteiger partial charge >= 0.3 is 0 Å². The first-order valence-electron chi connectivity index (χ1n) is 9.91. The molecule has 6 heteroatoms. The molecule has 2 heterocycles. The zero-order valence-corrected chi connectivity index (χ0v) is 17.5. The van der Waals surface area contributed by atoms with Crippen molar-refractivity contribution in [3.63, 3.8) is 0 Å². The largest absolute Gasteiger partial charge is 0.494 e. The molecule has 3 aromatic rings. The zero-order valence-electron chi connectivity index (χ0n) is 15.9. The van der Waals surface area contributed by atoms with Crippen molar-refractivity contribution >= 4 is 38.5 Å². The van der Waals surface area contributed by atoms with Crippen molar-refractivity contribution < 1.29 is 4.74 Å². The third-order valence-corrected chi connectivity index (χ3v) is 5.48. The monoisotopic (exact) mass is 440 g/mol. The molecule has 0 bridgehead atoms. The number of anilines is 2. The summed E-state index contributed by atoms with van der Waals surface area (Å²) in [5.74, 6) is 1.48. The van der Waals surface area contributed by atoms with Gasteiger partial charge in [-0.15, -0.1) is 0 Å². The second-order valence-corrected chi connectivity index (χ2v) is 8.07. The molecule has 1 aromatic heterocycles. The summed E-state index contributed by atoms with van der Waals surface area (Å²) in [5.41, 5.74) is 1.85. The molecule has 0 radical (unpaired) electrons. The molecule has 0 spiro atoms. The highest BCUT2D eigenvalue weighted by atomic mass is 79.9. The molecule has 1 fully saturated rings. The Kier molecular flexibility index (Phi) is 6.39. The van der Waals surface area contributed by atoms with Crippen LogP contribution in [-0.2, 0) is 0 Å².